The summed E-state index contributed by atoms with van der Waals surface area (Å²) in [5.74, 6) is 0. The minimum absolute atomic E-state index is 0.819. The first-order chi connectivity index (χ1) is 1.91. The molecule has 0 aromatic rings. The third kappa shape index (κ3) is 3.26. The van der Waals surface area contributed by atoms with Gasteiger partial charge in [0.15, 0.2) is 0 Å². The van der Waals surface area contributed by atoms with Crippen LogP contribution in [-0.4, -0.2) is 35.9 Å². The van der Waals surface area contributed by atoms with Crippen molar-refractivity contribution in [3.8, 4) is 0 Å². The Morgan fingerprint density at radius 2 is 2.25 bits per heavy atom. The van der Waals surface area contributed by atoms with Crippen LogP contribution in [-0.2, 0) is 0 Å². The van der Waals surface area contributed by atoms with Gasteiger partial charge in [-0.1, -0.05) is 0 Å². The zero-order valence-electron chi connectivity index (χ0n) is 2.69. The van der Waals surface area contributed by atoms with Crippen LogP contribution in [0.1, 0.15) is 0 Å². The van der Waals surface area contributed by atoms with Crippen LogP contribution in [0.3, 0.4) is 0 Å². The van der Waals surface area contributed by atoms with Crippen LogP contribution in [0.4, 0.5) is 0 Å². The normalized spacial score (nSPS) is 6.50. The van der Waals surface area contributed by atoms with E-state index in [2.05, 4.69) is 6.58 Å². The Kier molecular flexibility index (Phi) is 5.60. The summed E-state index contributed by atoms with van der Waals surface area (Å²) in [5, 5.41) is 0. The zero-order valence-corrected chi connectivity index (χ0v) is 6.41. The van der Waals surface area contributed by atoms with E-state index in [-0.39, 0.29) is 0 Å². The van der Waals surface area contributed by atoms with Crippen LogP contribution in [0.15, 0.2) is 11.6 Å². The molecule has 0 aliphatic heterocycles. The third-order valence-corrected chi connectivity index (χ3v) is 2.60. The summed E-state index contributed by atoms with van der Waals surface area (Å²) in [4.78, 5) is 2.00. The van der Waals surface area contributed by atoms with Crippen molar-refractivity contribution >= 4 is 35.9 Å². The monoisotopic (exact) mass is 130 g/mol. The fraction of sp³-hybridized carbons (Fsp3) is 0. The predicted molar refractivity (Wildman–Crippen MR) is 21.7 cm³/mol. The Morgan fingerprint density at radius 1 is 2.00 bits per heavy atom. The molecule has 0 unspecified atom stereocenters. The first kappa shape index (κ1) is 5.26. The molecule has 0 saturated heterocycles. The number of rotatable bonds is 1. The topological polar surface area (TPSA) is 0 Å². The average Bonchev–Trinajstić information content (AvgIpc) is 1.37. The fourth-order valence-electron chi connectivity index (χ4n) is 0. The summed E-state index contributed by atoms with van der Waals surface area (Å²) >= 11 is 1.33. The van der Waals surface area contributed by atoms with E-state index in [4.69, 9.17) is 0 Å². The van der Waals surface area contributed by atoms with E-state index >= 15 is 0 Å². The van der Waals surface area contributed by atoms with Crippen LogP contribution in [0.25, 0.3) is 0 Å². The van der Waals surface area contributed by atoms with Gasteiger partial charge in [0.25, 0.3) is 0 Å². The van der Waals surface area contributed by atoms with Gasteiger partial charge in [-0.25, -0.2) is 0 Å². The summed E-state index contributed by atoms with van der Waals surface area (Å²) in [6, 6.07) is 0. The van der Waals surface area contributed by atoms with Gasteiger partial charge >= 0.3 is 47.4 Å². The van der Waals surface area contributed by atoms with Crippen molar-refractivity contribution < 1.29 is 0 Å². The van der Waals surface area contributed by atoms with E-state index in [1.165, 1.54) is 25.4 Å². The van der Waals surface area contributed by atoms with Gasteiger partial charge in [-0.05, 0) is 0 Å². The van der Waals surface area contributed by atoms with Crippen molar-refractivity contribution in [2.45, 2.75) is 0 Å². The van der Waals surface area contributed by atoms with Gasteiger partial charge in [0.2, 0.25) is 0 Å². The second-order valence-electron chi connectivity index (χ2n) is 0.402. The second-order valence-corrected chi connectivity index (χ2v) is 4.54. The fourth-order valence-corrected chi connectivity index (χ4v) is 0. The van der Waals surface area contributed by atoms with E-state index in [9.17, 15) is 0 Å². The van der Waals surface area contributed by atoms with E-state index in [0.29, 0.717) is 0 Å². The molecule has 0 aromatic heterocycles. The van der Waals surface area contributed by atoms with Crippen molar-refractivity contribution in [1.82, 2.24) is 0 Å². The van der Waals surface area contributed by atoms with Gasteiger partial charge in [-0.2, -0.15) is 0 Å². The number of hydrogen-bond donors (Lipinski definition) is 0. The SMILES string of the molecule is C=C[Se][Na]. The molecule has 0 aliphatic carbocycles. The molecule has 2 heteroatoms. The molecule has 0 N–H and O–H groups in total. The van der Waals surface area contributed by atoms with E-state index in [1.807, 2.05) is 4.97 Å². The Labute approximate surface area is 47.1 Å². The molecule has 0 fully saturated rings. The van der Waals surface area contributed by atoms with Crippen LogP contribution in [0, 0.1) is 0 Å². The summed E-state index contributed by atoms with van der Waals surface area (Å²) in [7, 11) is 0.819. The van der Waals surface area contributed by atoms with Crippen molar-refractivity contribution in [3.63, 3.8) is 0 Å². The average molecular weight is 129 g/mol. The molecule has 0 radical (unpaired) electrons. The Morgan fingerprint density at radius 3 is 2.25 bits per heavy atom. The van der Waals surface area contributed by atoms with E-state index in [1.54, 1.807) is 0 Å². The molecule has 0 aromatic carbocycles. The van der Waals surface area contributed by atoms with Gasteiger partial charge in [0, 0.05) is 0 Å². The Hall–Kier alpha value is 1.26. The molecule has 0 amide bonds. The summed E-state index contributed by atoms with van der Waals surface area (Å²) in [6.45, 7) is 3.54. The van der Waals surface area contributed by atoms with Crippen molar-refractivity contribution in [2.75, 3.05) is 0 Å². The van der Waals surface area contributed by atoms with Crippen LogP contribution < -0.4 is 0 Å². The standard InChI is InChI=1S/C2H4Se.Na/c1-2-3;/h2-3H,1H2;/q;+1/p-1. The molecule has 0 heterocycles. The second kappa shape index (κ2) is 4.26. The van der Waals surface area contributed by atoms with E-state index in [0.717, 1.165) is 10.5 Å². The molecule has 0 aliphatic rings. The van der Waals surface area contributed by atoms with Crippen LogP contribution in [0.2, 0.25) is 0 Å². The summed E-state index contributed by atoms with van der Waals surface area (Å²) in [6.07, 6.45) is 0. The Bertz CT molecular complexity index is 20.0. The zero-order chi connectivity index (χ0) is 3.41. The van der Waals surface area contributed by atoms with Gasteiger partial charge in [0.05, 0.1) is 0 Å². The van der Waals surface area contributed by atoms with Crippen molar-refractivity contribution in [1.29, 1.82) is 0 Å². The van der Waals surface area contributed by atoms with Crippen molar-refractivity contribution in [2.24, 2.45) is 0 Å². The maximum atomic E-state index is 3.54. The Balaban J connectivity index is 2.30. The van der Waals surface area contributed by atoms with Gasteiger partial charge < -0.3 is 0 Å². The first-order valence-corrected chi connectivity index (χ1v) is 8.00. The van der Waals surface area contributed by atoms with Crippen LogP contribution in [0.5, 0.6) is 0 Å². The molecular formula is C2H3NaSe. The molecule has 0 atom stereocenters. The summed E-state index contributed by atoms with van der Waals surface area (Å²) in [5.41, 5.74) is 0. The van der Waals surface area contributed by atoms with E-state index < -0.39 is 0 Å². The molecule has 4 heavy (non-hydrogen) atoms. The van der Waals surface area contributed by atoms with Gasteiger partial charge in [-0.15, -0.1) is 0 Å². The molecule has 0 bridgehead atoms. The molecule has 0 spiro atoms. The van der Waals surface area contributed by atoms with Gasteiger partial charge in [-0.3, -0.25) is 0 Å². The van der Waals surface area contributed by atoms with Crippen molar-refractivity contribution in [3.05, 3.63) is 11.6 Å². The molecule has 0 nitrogen and oxygen atoms in total. The molecule has 18 valence electrons. The number of hydrogen-bond acceptors (Lipinski definition) is 0. The minimum atomic E-state index is 0.819. The molecule has 0 rings (SSSR count). The molecular weight excluding hydrogens is 126 g/mol. The maximum absolute atomic E-state index is 3.54. The third-order valence-electron chi connectivity index (χ3n) is 0.167. The molecule has 0 saturated carbocycles. The summed E-state index contributed by atoms with van der Waals surface area (Å²) < 4.78 is 0. The first-order valence-electron chi connectivity index (χ1n) is 1.05. The quantitative estimate of drug-likeness (QED) is 0.434. The van der Waals surface area contributed by atoms with Gasteiger partial charge in [0.1, 0.15) is 0 Å². The predicted octanol–water partition coefficient (Wildman–Crippen LogP) is -0.0824. The van der Waals surface area contributed by atoms with Crippen LogP contribution >= 0.6 is 0 Å².